The van der Waals surface area contributed by atoms with Gasteiger partial charge in [-0.1, -0.05) is 18.5 Å². The van der Waals surface area contributed by atoms with Gasteiger partial charge in [-0.05, 0) is 38.5 Å². The van der Waals surface area contributed by atoms with Gasteiger partial charge >= 0.3 is 0 Å². The summed E-state index contributed by atoms with van der Waals surface area (Å²) in [7, 11) is 0. The standard InChI is InChI=1S/C13H17ClO2/c1-4-5-12(15)11-8-10(14)6-7-13(11)16-9(2)3/h6-9H,4-5H2,1-3H3. The van der Waals surface area contributed by atoms with Crippen molar-refractivity contribution in [2.24, 2.45) is 0 Å². The summed E-state index contributed by atoms with van der Waals surface area (Å²) < 4.78 is 5.59. The van der Waals surface area contributed by atoms with Crippen LogP contribution in [0.1, 0.15) is 44.0 Å². The zero-order valence-corrected chi connectivity index (χ0v) is 10.7. The molecule has 0 aromatic heterocycles. The Morgan fingerprint density at radius 3 is 2.69 bits per heavy atom. The number of ether oxygens (including phenoxy) is 1. The Morgan fingerprint density at radius 1 is 1.44 bits per heavy atom. The highest BCUT2D eigenvalue weighted by atomic mass is 35.5. The third kappa shape index (κ3) is 3.53. The summed E-state index contributed by atoms with van der Waals surface area (Å²) >= 11 is 5.89. The lowest BCUT2D eigenvalue weighted by molar-refractivity contribution is 0.0976. The smallest absolute Gasteiger partial charge is 0.166 e. The van der Waals surface area contributed by atoms with Crippen LogP contribution in [0, 0.1) is 0 Å². The highest BCUT2D eigenvalue weighted by molar-refractivity contribution is 6.31. The number of hydrogen-bond acceptors (Lipinski definition) is 2. The molecule has 1 rings (SSSR count). The van der Waals surface area contributed by atoms with Gasteiger partial charge in [0.05, 0.1) is 11.7 Å². The van der Waals surface area contributed by atoms with Crippen LogP contribution in [0.4, 0.5) is 0 Å². The second-order valence-electron chi connectivity index (χ2n) is 3.98. The van der Waals surface area contributed by atoms with Crippen molar-refractivity contribution in [3.63, 3.8) is 0 Å². The zero-order chi connectivity index (χ0) is 12.1. The number of ketones is 1. The fraction of sp³-hybridized carbons (Fsp3) is 0.462. The molecule has 0 fully saturated rings. The lowest BCUT2D eigenvalue weighted by atomic mass is 10.1. The third-order valence-electron chi connectivity index (χ3n) is 2.08. The van der Waals surface area contributed by atoms with Crippen molar-refractivity contribution in [1.82, 2.24) is 0 Å². The van der Waals surface area contributed by atoms with E-state index in [0.717, 1.165) is 6.42 Å². The average Bonchev–Trinajstić information content (AvgIpc) is 2.20. The van der Waals surface area contributed by atoms with Gasteiger partial charge in [0.15, 0.2) is 5.78 Å². The van der Waals surface area contributed by atoms with E-state index >= 15 is 0 Å². The minimum atomic E-state index is 0.0503. The Hall–Kier alpha value is -1.02. The fourth-order valence-corrected chi connectivity index (χ4v) is 1.61. The molecule has 3 heteroatoms. The number of halogens is 1. The van der Waals surface area contributed by atoms with Gasteiger partial charge in [0.2, 0.25) is 0 Å². The summed E-state index contributed by atoms with van der Waals surface area (Å²) in [5.41, 5.74) is 0.586. The fourth-order valence-electron chi connectivity index (χ4n) is 1.44. The summed E-state index contributed by atoms with van der Waals surface area (Å²) in [5.74, 6) is 0.707. The van der Waals surface area contributed by atoms with E-state index in [4.69, 9.17) is 16.3 Å². The van der Waals surface area contributed by atoms with Gasteiger partial charge in [-0.2, -0.15) is 0 Å². The quantitative estimate of drug-likeness (QED) is 0.724. The van der Waals surface area contributed by atoms with E-state index in [2.05, 4.69) is 0 Å². The van der Waals surface area contributed by atoms with E-state index < -0.39 is 0 Å². The number of rotatable bonds is 5. The molecular formula is C13H17ClO2. The Bertz CT molecular complexity index is 372. The maximum atomic E-state index is 11.9. The SMILES string of the molecule is CCCC(=O)c1cc(Cl)ccc1OC(C)C. The lowest BCUT2D eigenvalue weighted by Gasteiger charge is -2.13. The molecule has 0 atom stereocenters. The van der Waals surface area contributed by atoms with Gasteiger partial charge in [-0.25, -0.2) is 0 Å². The summed E-state index contributed by atoms with van der Waals surface area (Å²) in [5, 5.41) is 0.565. The third-order valence-corrected chi connectivity index (χ3v) is 2.32. The van der Waals surface area contributed by atoms with Crippen LogP contribution in [-0.4, -0.2) is 11.9 Å². The Kier molecular flexibility index (Phi) is 4.81. The monoisotopic (exact) mass is 240 g/mol. The van der Waals surface area contributed by atoms with Gasteiger partial charge in [0, 0.05) is 11.4 Å². The van der Waals surface area contributed by atoms with Gasteiger partial charge in [-0.15, -0.1) is 0 Å². The maximum absolute atomic E-state index is 11.9. The predicted molar refractivity (Wildman–Crippen MR) is 66.5 cm³/mol. The molecular weight excluding hydrogens is 224 g/mol. The van der Waals surface area contributed by atoms with Crippen LogP contribution >= 0.6 is 11.6 Å². The normalized spacial score (nSPS) is 10.6. The second-order valence-corrected chi connectivity index (χ2v) is 4.42. The Labute approximate surface area is 102 Å². The van der Waals surface area contributed by atoms with Crippen molar-refractivity contribution < 1.29 is 9.53 Å². The van der Waals surface area contributed by atoms with E-state index in [1.165, 1.54) is 0 Å². The molecule has 2 nitrogen and oxygen atoms in total. The van der Waals surface area contributed by atoms with Crippen LogP contribution in [0.3, 0.4) is 0 Å². The number of Topliss-reactive ketones (excluding diaryl/α,β-unsaturated/α-hetero) is 1. The predicted octanol–water partition coefficient (Wildman–Crippen LogP) is 4.11. The highest BCUT2D eigenvalue weighted by Gasteiger charge is 2.13. The van der Waals surface area contributed by atoms with Gasteiger partial charge in [0.25, 0.3) is 0 Å². The van der Waals surface area contributed by atoms with E-state index in [1.807, 2.05) is 20.8 Å². The van der Waals surface area contributed by atoms with Crippen molar-refractivity contribution in [2.75, 3.05) is 0 Å². The van der Waals surface area contributed by atoms with Gasteiger partial charge in [0.1, 0.15) is 5.75 Å². The van der Waals surface area contributed by atoms with Crippen LogP contribution in [0.25, 0.3) is 0 Å². The molecule has 1 aromatic rings. The molecule has 0 heterocycles. The molecule has 0 radical (unpaired) electrons. The van der Waals surface area contributed by atoms with Crippen LogP contribution in [0.5, 0.6) is 5.75 Å². The molecule has 1 aromatic carbocycles. The van der Waals surface area contributed by atoms with Crippen molar-refractivity contribution >= 4 is 17.4 Å². The molecule has 0 bridgehead atoms. The molecule has 0 spiro atoms. The largest absolute Gasteiger partial charge is 0.490 e. The first-order valence-electron chi connectivity index (χ1n) is 5.54. The van der Waals surface area contributed by atoms with Crippen LogP contribution < -0.4 is 4.74 Å². The topological polar surface area (TPSA) is 26.3 Å². The van der Waals surface area contributed by atoms with Gasteiger partial charge in [-0.3, -0.25) is 4.79 Å². The molecule has 0 saturated heterocycles. The first-order chi connectivity index (χ1) is 7.54. The first kappa shape index (κ1) is 13.0. The molecule has 88 valence electrons. The molecule has 0 unspecified atom stereocenters. The summed E-state index contributed by atoms with van der Waals surface area (Å²) in [6, 6.07) is 5.17. The van der Waals surface area contributed by atoms with Crippen LogP contribution in [0.2, 0.25) is 5.02 Å². The number of carbonyl (C=O) groups excluding carboxylic acids is 1. The summed E-state index contributed by atoms with van der Waals surface area (Å²) in [4.78, 5) is 11.9. The number of benzene rings is 1. The average molecular weight is 241 g/mol. The molecule has 0 amide bonds. The van der Waals surface area contributed by atoms with Crippen molar-refractivity contribution in [1.29, 1.82) is 0 Å². The maximum Gasteiger partial charge on any atom is 0.166 e. The van der Waals surface area contributed by atoms with Gasteiger partial charge < -0.3 is 4.74 Å². The van der Waals surface area contributed by atoms with Crippen molar-refractivity contribution in [3.8, 4) is 5.75 Å². The van der Waals surface area contributed by atoms with Crippen molar-refractivity contribution in [2.45, 2.75) is 39.7 Å². The van der Waals surface area contributed by atoms with Crippen molar-refractivity contribution in [3.05, 3.63) is 28.8 Å². The summed E-state index contributed by atoms with van der Waals surface area (Å²) in [6.07, 6.45) is 1.40. The second kappa shape index (κ2) is 5.90. The number of carbonyl (C=O) groups is 1. The molecule has 0 saturated carbocycles. The Morgan fingerprint density at radius 2 is 2.12 bits per heavy atom. The summed E-state index contributed by atoms with van der Waals surface area (Å²) in [6.45, 7) is 5.84. The molecule has 16 heavy (non-hydrogen) atoms. The van der Waals surface area contributed by atoms with Crippen LogP contribution in [0.15, 0.2) is 18.2 Å². The Balaban J connectivity index is 3.02. The number of hydrogen-bond donors (Lipinski definition) is 0. The first-order valence-corrected chi connectivity index (χ1v) is 5.91. The molecule has 0 N–H and O–H groups in total. The molecule has 0 aliphatic rings. The molecule has 0 aliphatic heterocycles. The zero-order valence-electron chi connectivity index (χ0n) is 9.92. The van der Waals surface area contributed by atoms with Crippen LogP contribution in [-0.2, 0) is 0 Å². The highest BCUT2D eigenvalue weighted by Crippen LogP contribution is 2.25. The lowest BCUT2D eigenvalue weighted by Crippen LogP contribution is -2.10. The minimum Gasteiger partial charge on any atom is -0.490 e. The minimum absolute atomic E-state index is 0.0503. The van der Waals surface area contributed by atoms with E-state index in [-0.39, 0.29) is 11.9 Å². The van der Waals surface area contributed by atoms with E-state index in [1.54, 1.807) is 18.2 Å². The molecule has 0 aliphatic carbocycles. The van der Waals surface area contributed by atoms with E-state index in [9.17, 15) is 4.79 Å². The van der Waals surface area contributed by atoms with E-state index in [0.29, 0.717) is 22.8 Å².